The molecule has 0 N–H and O–H groups in total. The number of hydrogen-bond donors (Lipinski definition) is 0. The second-order valence-electron chi connectivity index (χ2n) is 4.74. The summed E-state index contributed by atoms with van der Waals surface area (Å²) < 4.78 is 2.08. The molecule has 3 aromatic rings. The maximum atomic E-state index is 6.15. The highest BCUT2D eigenvalue weighted by atomic mass is 35.5. The molecule has 3 rings (SSSR count). The first-order chi connectivity index (χ1) is 10.1. The zero-order valence-corrected chi connectivity index (χ0v) is 13.5. The largest absolute Gasteiger partial charge is 0.320 e. The quantitative estimate of drug-likeness (QED) is 0.622. The molecular weight excluding hydrogens is 329 g/mol. The Hall–Kier alpha value is -1.29. The van der Waals surface area contributed by atoms with Crippen molar-refractivity contribution in [3.63, 3.8) is 0 Å². The van der Waals surface area contributed by atoms with Gasteiger partial charge in [-0.3, -0.25) is 4.98 Å². The zero-order valence-electron chi connectivity index (χ0n) is 11.2. The van der Waals surface area contributed by atoms with Gasteiger partial charge < -0.3 is 4.57 Å². The number of aromatic nitrogens is 3. The normalized spacial score (nSPS) is 12.8. The second-order valence-corrected chi connectivity index (χ2v) is 5.82. The van der Waals surface area contributed by atoms with Gasteiger partial charge >= 0.3 is 0 Å². The first-order valence-electron chi connectivity index (χ1n) is 6.43. The minimum atomic E-state index is 0.0731. The molecule has 0 saturated heterocycles. The van der Waals surface area contributed by atoms with Crippen LogP contribution in [0.4, 0.5) is 0 Å². The third-order valence-corrected chi connectivity index (χ3v) is 4.46. The molecule has 108 valence electrons. The summed E-state index contributed by atoms with van der Waals surface area (Å²) in [6, 6.07) is 7.63. The molecule has 0 bridgehead atoms. The van der Waals surface area contributed by atoms with Crippen LogP contribution in [0.3, 0.4) is 0 Å². The van der Waals surface area contributed by atoms with E-state index in [4.69, 9.17) is 34.8 Å². The molecule has 1 unspecified atom stereocenters. The fourth-order valence-corrected chi connectivity index (χ4v) is 2.96. The predicted octanol–water partition coefficient (Wildman–Crippen LogP) is 5.09. The Labute approximate surface area is 137 Å². The molecule has 0 fully saturated rings. The van der Waals surface area contributed by atoms with Crippen molar-refractivity contribution >= 4 is 45.8 Å². The number of fused-ring (bicyclic) bond motifs is 1. The van der Waals surface area contributed by atoms with E-state index in [0.29, 0.717) is 15.9 Å². The lowest BCUT2D eigenvalue weighted by Crippen LogP contribution is -2.10. The maximum absolute atomic E-state index is 6.15. The summed E-state index contributed by atoms with van der Waals surface area (Å²) in [7, 11) is 0. The first kappa shape index (κ1) is 14.6. The molecule has 2 heterocycles. The molecule has 0 amide bonds. The molecule has 6 heteroatoms. The lowest BCUT2D eigenvalue weighted by atomic mass is 10.1. The molecule has 1 aromatic carbocycles. The van der Waals surface area contributed by atoms with E-state index in [1.807, 2.05) is 18.2 Å². The van der Waals surface area contributed by atoms with Gasteiger partial charge in [-0.15, -0.1) is 11.6 Å². The van der Waals surface area contributed by atoms with Crippen molar-refractivity contribution in [3.8, 4) is 0 Å². The van der Waals surface area contributed by atoms with E-state index in [1.54, 1.807) is 18.5 Å². The fourth-order valence-electron chi connectivity index (χ4n) is 2.46. The number of halogens is 3. The van der Waals surface area contributed by atoms with Gasteiger partial charge in [-0.2, -0.15) is 0 Å². The van der Waals surface area contributed by atoms with E-state index in [9.17, 15) is 0 Å². The number of imidazole rings is 1. The first-order valence-corrected chi connectivity index (χ1v) is 7.72. The van der Waals surface area contributed by atoms with Crippen molar-refractivity contribution in [2.24, 2.45) is 0 Å². The lowest BCUT2D eigenvalue weighted by molar-refractivity contribution is 0.633. The van der Waals surface area contributed by atoms with Gasteiger partial charge in [0.1, 0.15) is 5.82 Å². The van der Waals surface area contributed by atoms with Gasteiger partial charge in [-0.25, -0.2) is 4.98 Å². The highest BCUT2D eigenvalue weighted by molar-refractivity contribution is 6.42. The fraction of sp³-hybridized carbons (Fsp3) is 0.200. The van der Waals surface area contributed by atoms with Crippen LogP contribution in [0.5, 0.6) is 0 Å². The number of hydrogen-bond acceptors (Lipinski definition) is 2. The Balaban J connectivity index is 2.23. The second kappa shape index (κ2) is 5.84. The van der Waals surface area contributed by atoms with E-state index in [0.717, 1.165) is 22.4 Å². The minimum Gasteiger partial charge on any atom is -0.320 e. The molecular formula is C15H12Cl3N3. The van der Waals surface area contributed by atoms with Crippen molar-refractivity contribution in [2.45, 2.75) is 18.8 Å². The summed E-state index contributed by atoms with van der Waals surface area (Å²) in [6.45, 7) is 2.09. The van der Waals surface area contributed by atoms with Crippen LogP contribution in [0.1, 0.15) is 24.4 Å². The average Bonchev–Trinajstić information content (AvgIpc) is 2.85. The highest BCUT2D eigenvalue weighted by Gasteiger charge is 2.18. The van der Waals surface area contributed by atoms with Crippen LogP contribution in [0.2, 0.25) is 10.0 Å². The van der Waals surface area contributed by atoms with Gasteiger partial charge in [0.15, 0.2) is 0 Å². The van der Waals surface area contributed by atoms with Crippen LogP contribution in [0, 0.1) is 0 Å². The molecule has 2 aromatic heterocycles. The van der Waals surface area contributed by atoms with Gasteiger partial charge in [-0.1, -0.05) is 23.2 Å². The Kier molecular flexibility index (Phi) is 4.07. The van der Waals surface area contributed by atoms with Gasteiger partial charge in [0.2, 0.25) is 0 Å². The van der Waals surface area contributed by atoms with Crippen molar-refractivity contribution in [1.29, 1.82) is 0 Å². The Bertz CT molecular complexity index is 784. The summed E-state index contributed by atoms with van der Waals surface area (Å²) in [5.41, 5.74) is 2.84. The number of pyridine rings is 1. The third-order valence-electron chi connectivity index (χ3n) is 3.50. The standard InChI is InChI=1S/C15H12Cl3N3/c1-9(10-2-4-19-5-3-10)21-14-7-12(18)11(17)6-13(14)20-15(21)8-16/h2-7,9H,8H2,1H3. The topological polar surface area (TPSA) is 30.7 Å². The molecule has 0 aliphatic rings. The SMILES string of the molecule is CC(c1ccncc1)n1c(CCl)nc2cc(Cl)c(Cl)cc21. The molecule has 0 radical (unpaired) electrons. The molecule has 1 atom stereocenters. The summed E-state index contributed by atoms with van der Waals surface area (Å²) in [5.74, 6) is 1.11. The Morgan fingerprint density at radius 3 is 2.48 bits per heavy atom. The molecule has 0 aliphatic carbocycles. The highest BCUT2D eigenvalue weighted by Crippen LogP contribution is 2.32. The molecule has 0 aliphatic heterocycles. The van der Waals surface area contributed by atoms with E-state index in [-0.39, 0.29) is 6.04 Å². The van der Waals surface area contributed by atoms with E-state index in [1.165, 1.54) is 0 Å². The average molecular weight is 341 g/mol. The summed E-state index contributed by atoms with van der Waals surface area (Å²) in [6.07, 6.45) is 3.55. The van der Waals surface area contributed by atoms with Crippen LogP contribution in [0.15, 0.2) is 36.7 Å². The number of rotatable bonds is 3. The van der Waals surface area contributed by atoms with Crippen LogP contribution >= 0.6 is 34.8 Å². The summed E-state index contributed by atoms with van der Waals surface area (Å²) in [5, 5.41) is 1.000. The molecule has 3 nitrogen and oxygen atoms in total. The van der Waals surface area contributed by atoms with Crippen LogP contribution < -0.4 is 0 Å². The van der Waals surface area contributed by atoms with Gasteiger partial charge in [-0.05, 0) is 36.8 Å². The van der Waals surface area contributed by atoms with Gasteiger partial charge in [0.05, 0.1) is 33.0 Å². The van der Waals surface area contributed by atoms with Crippen LogP contribution in [-0.4, -0.2) is 14.5 Å². The molecule has 0 saturated carbocycles. The van der Waals surface area contributed by atoms with Crippen LogP contribution in [0.25, 0.3) is 11.0 Å². The summed E-state index contributed by atoms with van der Waals surface area (Å²) in [4.78, 5) is 8.60. The van der Waals surface area contributed by atoms with Crippen molar-refractivity contribution in [2.75, 3.05) is 0 Å². The van der Waals surface area contributed by atoms with Gasteiger partial charge in [0.25, 0.3) is 0 Å². The number of alkyl halides is 1. The van der Waals surface area contributed by atoms with Crippen molar-refractivity contribution < 1.29 is 0 Å². The van der Waals surface area contributed by atoms with Crippen LogP contribution in [-0.2, 0) is 5.88 Å². The molecule has 0 spiro atoms. The zero-order chi connectivity index (χ0) is 15.0. The predicted molar refractivity (Wildman–Crippen MR) is 87.4 cm³/mol. The summed E-state index contributed by atoms with van der Waals surface area (Å²) >= 11 is 18.3. The van der Waals surface area contributed by atoms with E-state index >= 15 is 0 Å². The van der Waals surface area contributed by atoms with Crippen molar-refractivity contribution in [3.05, 3.63) is 58.1 Å². The van der Waals surface area contributed by atoms with E-state index < -0.39 is 0 Å². The Morgan fingerprint density at radius 2 is 1.81 bits per heavy atom. The van der Waals surface area contributed by atoms with E-state index in [2.05, 4.69) is 21.5 Å². The van der Waals surface area contributed by atoms with Gasteiger partial charge in [0, 0.05) is 12.4 Å². The van der Waals surface area contributed by atoms with Crippen molar-refractivity contribution in [1.82, 2.24) is 14.5 Å². The number of benzene rings is 1. The Morgan fingerprint density at radius 1 is 1.14 bits per heavy atom. The smallest absolute Gasteiger partial charge is 0.125 e. The third kappa shape index (κ3) is 2.61. The molecule has 21 heavy (non-hydrogen) atoms. The number of nitrogens with zero attached hydrogens (tertiary/aromatic N) is 3. The minimum absolute atomic E-state index is 0.0731. The monoisotopic (exact) mass is 339 g/mol. The maximum Gasteiger partial charge on any atom is 0.125 e. The lowest BCUT2D eigenvalue weighted by Gasteiger charge is -2.17.